The van der Waals surface area contributed by atoms with Crippen LogP contribution in [0.5, 0.6) is 0 Å². The Hall–Kier alpha value is -2.45. The largest absolute Gasteiger partial charge is 0.466 e. The molecule has 0 radical (unpaired) electrons. The molecule has 1 aromatic rings. The van der Waals surface area contributed by atoms with Crippen molar-refractivity contribution < 1.29 is 19.1 Å². The van der Waals surface area contributed by atoms with Crippen molar-refractivity contribution in [1.29, 1.82) is 0 Å². The number of rotatable bonds is 13. The van der Waals surface area contributed by atoms with Gasteiger partial charge in [-0.15, -0.1) is 0 Å². The molecule has 9 heteroatoms. The summed E-state index contributed by atoms with van der Waals surface area (Å²) in [6.45, 7) is 3.30. The van der Waals surface area contributed by atoms with Crippen LogP contribution in [0, 0.1) is 0 Å². The van der Waals surface area contributed by atoms with E-state index in [1.54, 1.807) is 29.2 Å². The van der Waals surface area contributed by atoms with Crippen molar-refractivity contribution >= 4 is 52.8 Å². The molecular formula is C26H36ClN3O4S. The molecule has 192 valence electrons. The number of unbranched alkanes of at least 4 members (excludes halogenated alkanes) is 7. The Morgan fingerprint density at radius 3 is 2.57 bits per heavy atom. The van der Waals surface area contributed by atoms with E-state index in [0.717, 1.165) is 19.3 Å². The Balaban J connectivity index is 1.77. The fourth-order valence-corrected chi connectivity index (χ4v) is 4.31. The average molecular weight is 522 g/mol. The Labute approximate surface area is 218 Å². The Morgan fingerprint density at radius 2 is 1.86 bits per heavy atom. The normalized spacial score (nSPS) is 15.7. The molecule has 1 aliphatic rings. The topological polar surface area (TPSA) is 87.7 Å². The number of hydrogen-bond donors (Lipinski definition) is 2. The molecule has 2 amide bonds. The van der Waals surface area contributed by atoms with Crippen LogP contribution < -0.4 is 10.6 Å². The first kappa shape index (κ1) is 28.8. The van der Waals surface area contributed by atoms with Crippen LogP contribution in [0.4, 0.5) is 0 Å². The number of carbonyl (C=O) groups excluding carboxylic acids is 3. The summed E-state index contributed by atoms with van der Waals surface area (Å²) >= 11 is 11.5. The number of esters is 1. The number of benzene rings is 1. The van der Waals surface area contributed by atoms with E-state index in [1.807, 2.05) is 6.07 Å². The summed E-state index contributed by atoms with van der Waals surface area (Å²) in [7, 11) is 0. The minimum absolute atomic E-state index is 0.0922. The zero-order valence-corrected chi connectivity index (χ0v) is 22.0. The van der Waals surface area contributed by atoms with Crippen LogP contribution in [-0.2, 0) is 19.1 Å². The summed E-state index contributed by atoms with van der Waals surface area (Å²) in [5.41, 5.74) is 0.699. The molecule has 1 unspecified atom stereocenters. The molecule has 1 aromatic carbocycles. The molecule has 35 heavy (non-hydrogen) atoms. The van der Waals surface area contributed by atoms with Gasteiger partial charge in [0.05, 0.1) is 13.0 Å². The minimum atomic E-state index is -0.824. The van der Waals surface area contributed by atoms with Gasteiger partial charge in [0.25, 0.3) is 0 Å². The van der Waals surface area contributed by atoms with E-state index >= 15 is 0 Å². The van der Waals surface area contributed by atoms with Crippen molar-refractivity contribution in [3.63, 3.8) is 0 Å². The third kappa shape index (κ3) is 10.8. The maximum Gasteiger partial charge on any atom is 0.308 e. The van der Waals surface area contributed by atoms with E-state index in [4.69, 9.17) is 28.6 Å². The molecular weight excluding hydrogens is 486 g/mol. The number of halogens is 1. The lowest BCUT2D eigenvalue weighted by atomic mass is 10.1. The minimum Gasteiger partial charge on any atom is -0.466 e. The van der Waals surface area contributed by atoms with Gasteiger partial charge in [0.2, 0.25) is 11.8 Å². The Kier molecular flexibility index (Phi) is 13.4. The second kappa shape index (κ2) is 16.3. The van der Waals surface area contributed by atoms with Gasteiger partial charge in [-0.1, -0.05) is 81.7 Å². The molecule has 2 N–H and O–H groups in total. The van der Waals surface area contributed by atoms with Crippen molar-refractivity contribution in [3.05, 3.63) is 40.9 Å². The van der Waals surface area contributed by atoms with Crippen molar-refractivity contribution in [2.75, 3.05) is 19.7 Å². The molecule has 0 aromatic heterocycles. The van der Waals surface area contributed by atoms with Crippen molar-refractivity contribution in [2.24, 2.45) is 0 Å². The lowest BCUT2D eigenvalue weighted by Crippen LogP contribution is -2.60. The number of nitrogens with zero attached hydrogens (tertiary/aromatic N) is 1. The van der Waals surface area contributed by atoms with Gasteiger partial charge in [0.15, 0.2) is 5.11 Å². The smallest absolute Gasteiger partial charge is 0.308 e. The van der Waals surface area contributed by atoms with E-state index < -0.39 is 17.9 Å². The third-order valence-electron chi connectivity index (χ3n) is 5.76. The number of hydrogen-bond acceptors (Lipinski definition) is 5. The van der Waals surface area contributed by atoms with E-state index in [-0.39, 0.29) is 17.4 Å². The molecule has 1 fully saturated rings. The molecule has 7 nitrogen and oxygen atoms in total. The fraction of sp³-hybridized carbons (Fsp3) is 0.538. The Morgan fingerprint density at radius 1 is 1.17 bits per heavy atom. The van der Waals surface area contributed by atoms with Gasteiger partial charge in [-0.05, 0) is 36.3 Å². The number of amides is 2. The lowest BCUT2D eigenvalue weighted by molar-refractivity contribution is -0.147. The standard InChI is InChI=1S/C26H36ClN3O4S/c1-2-3-4-5-6-7-8-11-18-34-24(32)19-22-25(33)28-16-17-30(22)26(35)29-23(31)15-14-20-12-9-10-13-21(20)27/h9-10,12-15,22H,2-8,11,16-19H2,1H3,(H,28,33)(H,29,31,35)/b15-14+. The highest BCUT2D eigenvalue weighted by Gasteiger charge is 2.34. The molecule has 0 bridgehead atoms. The Bertz CT molecular complexity index is 893. The van der Waals surface area contributed by atoms with Crippen LogP contribution in [0.2, 0.25) is 5.02 Å². The van der Waals surface area contributed by atoms with Crippen molar-refractivity contribution in [2.45, 2.75) is 70.8 Å². The molecule has 1 atom stereocenters. The lowest BCUT2D eigenvalue weighted by Gasteiger charge is -2.36. The summed E-state index contributed by atoms with van der Waals surface area (Å²) < 4.78 is 5.35. The summed E-state index contributed by atoms with van der Waals surface area (Å²) in [5, 5.41) is 5.97. The summed E-state index contributed by atoms with van der Waals surface area (Å²) in [4.78, 5) is 38.7. The second-order valence-corrected chi connectivity index (χ2v) is 9.34. The van der Waals surface area contributed by atoms with E-state index in [0.29, 0.717) is 30.3 Å². The highest BCUT2D eigenvalue weighted by Crippen LogP contribution is 2.16. The quantitative estimate of drug-likeness (QED) is 0.170. The maximum atomic E-state index is 12.4. The highest BCUT2D eigenvalue weighted by atomic mass is 35.5. The van der Waals surface area contributed by atoms with Crippen LogP contribution in [-0.4, -0.2) is 53.5 Å². The molecule has 1 heterocycles. The van der Waals surface area contributed by atoms with Gasteiger partial charge >= 0.3 is 5.97 Å². The molecule has 0 saturated carbocycles. The van der Waals surface area contributed by atoms with Gasteiger partial charge in [-0.2, -0.15) is 0 Å². The SMILES string of the molecule is CCCCCCCCCCOC(=O)CC1C(=O)NCCN1C(=S)NC(=O)/C=C/c1ccccc1Cl. The number of ether oxygens (including phenoxy) is 1. The average Bonchev–Trinajstić information content (AvgIpc) is 2.83. The van der Waals surface area contributed by atoms with Gasteiger partial charge in [0, 0.05) is 24.2 Å². The third-order valence-corrected chi connectivity index (χ3v) is 6.44. The number of carbonyl (C=O) groups is 3. The predicted octanol–water partition coefficient (Wildman–Crippen LogP) is 4.63. The molecule has 1 aliphatic heterocycles. The summed E-state index contributed by atoms with van der Waals surface area (Å²) in [6, 6.07) is 6.31. The first-order valence-electron chi connectivity index (χ1n) is 12.4. The van der Waals surface area contributed by atoms with Crippen LogP contribution in [0.25, 0.3) is 6.08 Å². The molecule has 1 saturated heterocycles. The van der Waals surface area contributed by atoms with Crippen LogP contribution in [0.15, 0.2) is 30.3 Å². The molecule has 0 spiro atoms. The van der Waals surface area contributed by atoms with Gasteiger partial charge in [-0.3, -0.25) is 19.7 Å². The number of piperazine rings is 1. The van der Waals surface area contributed by atoms with Gasteiger partial charge in [-0.25, -0.2) is 0 Å². The number of thiocarbonyl (C=S) groups is 1. The van der Waals surface area contributed by atoms with E-state index in [1.165, 1.54) is 38.2 Å². The second-order valence-electron chi connectivity index (χ2n) is 8.55. The molecule has 2 rings (SSSR count). The van der Waals surface area contributed by atoms with Gasteiger partial charge in [0.1, 0.15) is 6.04 Å². The monoisotopic (exact) mass is 521 g/mol. The van der Waals surface area contributed by atoms with E-state index in [9.17, 15) is 14.4 Å². The van der Waals surface area contributed by atoms with Crippen LogP contribution in [0.3, 0.4) is 0 Å². The first-order chi connectivity index (χ1) is 16.9. The number of nitrogens with one attached hydrogen (secondary N) is 2. The first-order valence-corrected chi connectivity index (χ1v) is 13.2. The van der Waals surface area contributed by atoms with Gasteiger partial charge < -0.3 is 15.0 Å². The van der Waals surface area contributed by atoms with Crippen molar-refractivity contribution in [1.82, 2.24) is 15.5 Å². The van der Waals surface area contributed by atoms with E-state index in [2.05, 4.69) is 17.6 Å². The molecule has 0 aliphatic carbocycles. The highest BCUT2D eigenvalue weighted by molar-refractivity contribution is 7.80. The zero-order valence-electron chi connectivity index (χ0n) is 20.4. The predicted molar refractivity (Wildman–Crippen MR) is 143 cm³/mol. The zero-order chi connectivity index (χ0) is 25.5. The maximum absolute atomic E-state index is 12.4. The summed E-state index contributed by atoms with van der Waals surface area (Å²) in [6.07, 6.45) is 12.0. The summed E-state index contributed by atoms with van der Waals surface area (Å²) in [5.74, 6) is -1.21. The fourth-order valence-electron chi connectivity index (χ4n) is 3.79. The van der Waals surface area contributed by atoms with Crippen molar-refractivity contribution in [3.8, 4) is 0 Å². The van der Waals surface area contributed by atoms with Crippen LogP contribution in [0.1, 0.15) is 70.3 Å². The van der Waals surface area contributed by atoms with Crippen LogP contribution >= 0.6 is 23.8 Å².